The average molecular weight is 556 g/mol. The first-order valence-corrected chi connectivity index (χ1v) is 13.8. The summed E-state index contributed by atoms with van der Waals surface area (Å²) in [6, 6.07) is 17.8. The van der Waals surface area contributed by atoms with Gasteiger partial charge in [-0.25, -0.2) is 13.8 Å². The van der Waals surface area contributed by atoms with E-state index in [0.29, 0.717) is 36.0 Å². The summed E-state index contributed by atoms with van der Waals surface area (Å²) in [6.45, 7) is 4.36. The van der Waals surface area contributed by atoms with Crippen molar-refractivity contribution in [3.8, 4) is 23.0 Å². The third kappa shape index (κ3) is 7.64. The third-order valence-electron chi connectivity index (χ3n) is 5.41. The average Bonchev–Trinajstić information content (AvgIpc) is 2.95. The Balaban J connectivity index is 1.85. The number of benzene rings is 3. The van der Waals surface area contributed by atoms with E-state index in [0.717, 1.165) is 10.7 Å². The molecule has 3 aromatic rings. The van der Waals surface area contributed by atoms with E-state index in [1.807, 2.05) is 13.8 Å². The Morgan fingerprint density at radius 3 is 2.36 bits per heavy atom. The second kappa shape index (κ2) is 14.1. The Hall–Kier alpha value is -4.25. The predicted octanol–water partition coefficient (Wildman–Crippen LogP) is 4.24. The summed E-state index contributed by atoms with van der Waals surface area (Å²) >= 11 is 0. The number of methoxy groups -OCH3 is 2. The van der Waals surface area contributed by atoms with Crippen molar-refractivity contribution < 1.29 is 32.2 Å². The van der Waals surface area contributed by atoms with Crippen LogP contribution in [0.15, 0.2) is 76.7 Å². The molecule has 10 nitrogen and oxygen atoms in total. The molecule has 0 bridgehead atoms. The van der Waals surface area contributed by atoms with Gasteiger partial charge in [0.05, 0.1) is 44.2 Å². The van der Waals surface area contributed by atoms with Gasteiger partial charge in [0.25, 0.3) is 15.9 Å². The van der Waals surface area contributed by atoms with Crippen LogP contribution in [-0.2, 0) is 14.8 Å². The lowest BCUT2D eigenvalue weighted by Crippen LogP contribution is -2.39. The van der Waals surface area contributed by atoms with Crippen LogP contribution in [0.4, 0.5) is 5.69 Å². The highest BCUT2D eigenvalue weighted by atomic mass is 32.2. The van der Waals surface area contributed by atoms with Crippen LogP contribution in [0.25, 0.3) is 0 Å². The van der Waals surface area contributed by atoms with Crippen molar-refractivity contribution in [3.63, 3.8) is 0 Å². The van der Waals surface area contributed by atoms with Crippen LogP contribution >= 0.6 is 0 Å². The molecule has 0 heterocycles. The van der Waals surface area contributed by atoms with E-state index in [2.05, 4.69) is 10.5 Å². The van der Waals surface area contributed by atoms with E-state index in [4.69, 9.17) is 18.9 Å². The lowest BCUT2D eigenvalue weighted by molar-refractivity contribution is -0.119. The molecule has 0 aliphatic carbocycles. The number of amides is 1. The maximum Gasteiger partial charge on any atom is 0.264 e. The number of sulfonamides is 1. The van der Waals surface area contributed by atoms with Gasteiger partial charge in [-0.15, -0.1) is 0 Å². The number of nitrogens with one attached hydrogen (secondary N) is 1. The quantitative estimate of drug-likeness (QED) is 0.234. The summed E-state index contributed by atoms with van der Waals surface area (Å²) in [4.78, 5) is 12.9. The second-order valence-corrected chi connectivity index (χ2v) is 10.0. The first-order chi connectivity index (χ1) is 18.8. The molecular formula is C28H33N3O7S. The zero-order chi connectivity index (χ0) is 28.3. The molecule has 0 aliphatic heterocycles. The number of carbonyl (C=O) groups excluding carboxylic acids is 1. The van der Waals surface area contributed by atoms with Crippen LogP contribution in [0.1, 0.15) is 25.8 Å². The minimum atomic E-state index is -4.13. The number of hydrogen-bond acceptors (Lipinski definition) is 8. The molecule has 0 fully saturated rings. The highest BCUT2D eigenvalue weighted by Gasteiger charge is 2.29. The first kappa shape index (κ1) is 29.3. The second-order valence-electron chi connectivity index (χ2n) is 8.14. The zero-order valence-corrected chi connectivity index (χ0v) is 23.2. The standard InChI is InChI=1S/C28H33N3O7S/c1-5-16-38-25-15-12-21(17-27(25)37-6-2)19-29-30-28(32)20-31(39(33,34)23-10-8-7-9-11-23)24-14-13-22(35-3)18-26(24)36-4/h7-15,17-19H,5-6,16,20H2,1-4H3,(H,30,32)/b29-19-. The van der Waals surface area contributed by atoms with Crippen molar-refractivity contribution >= 4 is 27.8 Å². The van der Waals surface area contributed by atoms with Gasteiger partial charge in [0, 0.05) is 6.07 Å². The molecule has 0 aromatic heterocycles. The third-order valence-corrected chi connectivity index (χ3v) is 7.18. The molecule has 1 N–H and O–H groups in total. The van der Waals surface area contributed by atoms with Crippen molar-refractivity contribution in [2.75, 3.05) is 38.3 Å². The molecule has 0 radical (unpaired) electrons. The zero-order valence-electron chi connectivity index (χ0n) is 22.4. The number of ether oxygens (including phenoxy) is 4. The molecule has 0 unspecified atom stereocenters. The van der Waals surface area contributed by atoms with Crippen LogP contribution in [0.3, 0.4) is 0 Å². The van der Waals surface area contributed by atoms with Gasteiger partial charge in [0.2, 0.25) is 0 Å². The molecule has 39 heavy (non-hydrogen) atoms. The number of hydrazone groups is 1. The number of hydrogen-bond donors (Lipinski definition) is 1. The summed E-state index contributed by atoms with van der Waals surface area (Å²) in [5.41, 5.74) is 3.23. The molecular weight excluding hydrogens is 522 g/mol. The maximum absolute atomic E-state index is 13.6. The highest BCUT2D eigenvalue weighted by molar-refractivity contribution is 7.92. The summed E-state index contributed by atoms with van der Waals surface area (Å²) in [6.07, 6.45) is 2.30. The smallest absolute Gasteiger partial charge is 0.264 e. The van der Waals surface area contributed by atoms with Gasteiger partial charge in [-0.2, -0.15) is 5.10 Å². The fraction of sp³-hybridized carbons (Fsp3) is 0.286. The molecule has 208 valence electrons. The van der Waals surface area contributed by atoms with Crippen LogP contribution in [0.5, 0.6) is 23.0 Å². The van der Waals surface area contributed by atoms with Gasteiger partial charge in [0.1, 0.15) is 18.0 Å². The molecule has 0 saturated heterocycles. The Labute approximate surface area is 229 Å². The molecule has 0 aliphatic rings. The number of rotatable bonds is 14. The summed E-state index contributed by atoms with van der Waals surface area (Å²) < 4.78 is 50.1. The summed E-state index contributed by atoms with van der Waals surface area (Å²) in [7, 11) is -1.24. The first-order valence-electron chi connectivity index (χ1n) is 12.3. The van der Waals surface area contributed by atoms with Crippen LogP contribution in [0, 0.1) is 0 Å². The fourth-order valence-electron chi connectivity index (χ4n) is 3.56. The lowest BCUT2D eigenvalue weighted by atomic mass is 10.2. The molecule has 3 rings (SSSR count). The van der Waals surface area contributed by atoms with Gasteiger partial charge >= 0.3 is 0 Å². The normalized spacial score (nSPS) is 11.2. The summed E-state index contributed by atoms with van der Waals surface area (Å²) in [5.74, 6) is 1.22. The molecule has 0 atom stereocenters. The van der Waals surface area contributed by atoms with Crippen LogP contribution < -0.4 is 28.7 Å². The maximum atomic E-state index is 13.6. The van der Waals surface area contributed by atoms with E-state index in [1.165, 1.54) is 38.6 Å². The molecule has 11 heteroatoms. The van der Waals surface area contributed by atoms with Gasteiger partial charge in [-0.3, -0.25) is 9.10 Å². The monoisotopic (exact) mass is 555 g/mol. The van der Waals surface area contributed by atoms with Crippen LogP contribution in [-0.4, -0.2) is 54.5 Å². The molecule has 0 saturated carbocycles. The Bertz CT molecular complexity index is 1380. The largest absolute Gasteiger partial charge is 0.497 e. The van der Waals surface area contributed by atoms with Crippen molar-refractivity contribution in [2.24, 2.45) is 5.10 Å². The van der Waals surface area contributed by atoms with Gasteiger partial charge in [-0.1, -0.05) is 25.1 Å². The van der Waals surface area contributed by atoms with E-state index in [1.54, 1.807) is 48.5 Å². The minimum absolute atomic E-state index is 0.0213. The van der Waals surface area contributed by atoms with Crippen molar-refractivity contribution in [3.05, 3.63) is 72.3 Å². The van der Waals surface area contributed by atoms with Crippen molar-refractivity contribution in [2.45, 2.75) is 25.2 Å². The van der Waals surface area contributed by atoms with Crippen LogP contribution in [0.2, 0.25) is 0 Å². The van der Waals surface area contributed by atoms with Crippen molar-refractivity contribution in [1.29, 1.82) is 0 Å². The summed E-state index contributed by atoms with van der Waals surface area (Å²) in [5, 5.41) is 4.01. The van der Waals surface area contributed by atoms with E-state index in [9.17, 15) is 13.2 Å². The predicted molar refractivity (Wildman–Crippen MR) is 150 cm³/mol. The van der Waals surface area contributed by atoms with Crippen molar-refractivity contribution in [1.82, 2.24) is 5.43 Å². The highest BCUT2D eigenvalue weighted by Crippen LogP contribution is 2.35. The lowest BCUT2D eigenvalue weighted by Gasteiger charge is -2.25. The van der Waals surface area contributed by atoms with E-state index < -0.39 is 22.5 Å². The number of carbonyl (C=O) groups is 1. The molecule has 3 aromatic carbocycles. The van der Waals surface area contributed by atoms with Gasteiger partial charge in [-0.05, 0) is 61.4 Å². The SMILES string of the molecule is CCCOc1ccc(/C=N\NC(=O)CN(c2ccc(OC)cc2OC)S(=O)(=O)c2ccccc2)cc1OCC. The Kier molecular flexibility index (Phi) is 10.6. The van der Waals surface area contributed by atoms with E-state index in [-0.39, 0.29) is 16.3 Å². The molecule has 0 spiro atoms. The number of nitrogens with zero attached hydrogens (tertiary/aromatic N) is 2. The fourth-order valence-corrected chi connectivity index (χ4v) is 5.01. The topological polar surface area (TPSA) is 116 Å². The van der Waals surface area contributed by atoms with Gasteiger partial charge < -0.3 is 18.9 Å². The Morgan fingerprint density at radius 2 is 1.69 bits per heavy atom. The Morgan fingerprint density at radius 1 is 0.923 bits per heavy atom. The number of anilines is 1. The van der Waals surface area contributed by atoms with E-state index >= 15 is 0 Å². The molecule has 1 amide bonds. The van der Waals surface area contributed by atoms with Gasteiger partial charge in [0.15, 0.2) is 11.5 Å². The minimum Gasteiger partial charge on any atom is -0.497 e.